The Morgan fingerprint density at radius 1 is 1.50 bits per heavy atom. The van der Waals surface area contributed by atoms with Gasteiger partial charge in [-0.2, -0.15) is 0 Å². The first-order chi connectivity index (χ1) is 6.50. The zero-order chi connectivity index (χ0) is 10.7. The van der Waals surface area contributed by atoms with Crippen molar-refractivity contribution < 1.29 is 14.7 Å². The van der Waals surface area contributed by atoms with E-state index in [9.17, 15) is 14.7 Å². The first-order valence-electron chi connectivity index (χ1n) is 4.96. The second-order valence-electron chi connectivity index (χ2n) is 4.05. The number of ketones is 1. The van der Waals surface area contributed by atoms with Crippen LogP contribution in [0.4, 0.5) is 0 Å². The Kier molecular flexibility index (Phi) is 3.63. The first kappa shape index (κ1) is 11.2. The summed E-state index contributed by atoms with van der Waals surface area (Å²) in [5.74, 6) is -0.0389. The van der Waals surface area contributed by atoms with Gasteiger partial charge in [-0.05, 0) is 19.3 Å². The maximum Gasteiger partial charge on any atom is 0.230 e. The molecule has 0 saturated carbocycles. The molecule has 2 unspecified atom stereocenters. The second kappa shape index (κ2) is 4.55. The lowest BCUT2D eigenvalue weighted by molar-refractivity contribution is -0.138. The van der Waals surface area contributed by atoms with E-state index in [4.69, 9.17) is 0 Å². The number of rotatable bonds is 2. The summed E-state index contributed by atoms with van der Waals surface area (Å²) >= 11 is 0. The molecule has 4 nitrogen and oxygen atoms in total. The molecule has 0 aromatic carbocycles. The summed E-state index contributed by atoms with van der Waals surface area (Å²) in [4.78, 5) is 23.8. The van der Waals surface area contributed by atoms with E-state index in [1.165, 1.54) is 6.92 Å². The molecule has 80 valence electrons. The van der Waals surface area contributed by atoms with E-state index in [-0.39, 0.29) is 24.0 Å². The molecular formula is C10H17NO3. The van der Waals surface area contributed by atoms with Gasteiger partial charge < -0.3 is 10.0 Å². The molecule has 14 heavy (non-hydrogen) atoms. The van der Waals surface area contributed by atoms with E-state index < -0.39 is 6.10 Å². The fraction of sp³-hybridized carbons (Fsp3) is 0.800. The molecule has 1 aliphatic rings. The van der Waals surface area contributed by atoms with Gasteiger partial charge in [0.1, 0.15) is 5.78 Å². The SMILES string of the molecule is CC(=O)CC(=O)N1CCC(C)C(O)C1. The molecule has 0 spiro atoms. The molecule has 1 aliphatic heterocycles. The second-order valence-corrected chi connectivity index (χ2v) is 4.05. The lowest BCUT2D eigenvalue weighted by Gasteiger charge is -2.34. The highest BCUT2D eigenvalue weighted by Gasteiger charge is 2.27. The smallest absolute Gasteiger partial charge is 0.230 e. The lowest BCUT2D eigenvalue weighted by atomic mass is 9.96. The van der Waals surface area contributed by atoms with E-state index in [0.29, 0.717) is 13.1 Å². The Hall–Kier alpha value is -0.900. The standard InChI is InChI=1S/C10H17NO3/c1-7-3-4-11(6-9(7)13)10(14)5-8(2)12/h7,9,13H,3-6H2,1-2H3. The fourth-order valence-electron chi connectivity index (χ4n) is 1.60. The number of hydrogen-bond donors (Lipinski definition) is 1. The summed E-state index contributed by atoms with van der Waals surface area (Å²) in [6.45, 7) is 4.40. The van der Waals surface area contributed by atoms with Crippen LogP contribution in [0.2, 0.25) is 0 Å². The van der Waals surface area contributed by atoms with Crippen LogP contribution >= 0.6 is 0 Å². The largest absolute Gasteiger partial charge is 0.391 e. The quantitative estimate of drug-likeness (QED) is 0.646. The molecule has 1 fully saturated rings. The molecule has 4 heteroatoms. The van der Waals surface area contributed by atoms with Gasteiger partial charge in [-0.1, -0.05) is 6.92 Å². The van der Waals surface area contributed by atoms with Crippen molar-refractivity contribution in [1.82, 2.24) is 4.90 Å². The van der Waals surface area contributed by atoms with Gasteiger partial charge in [0, 0.05) is 13.1 Å². The molecule has 1 amide bonds. The average Bonchev–Trinajstić information content (AvgIpc) is 2.08. The third-order valence-corrected chi connectivity index (χ3v) is 2.67. The van der Waals surface area contributed by atoms with Crippen LogP contribution in [0.1, 0.15) is 26.7 Å². The Morgan fingerprint density at radius 3 is 2.64 bits per heavy atom. The summed E-state index contributed by atoms with van der Waals surface area (Å²) in [7, 11) is 0. The molecule has 0 aromatic rings. The predicted octanol–water partition coefficient (Wildman–Crippen LogP) is 0.195. The monoisotopic (exact) mass is 199 g/mol. The van der Waals surface area contributed by atoms with Crippen LogP contribution in [0, 0.1) is 5.92 Å². The van der Waals surface area contributed by atoms with E-state index in [0.717, 1.165) is 6.42 Å². The van der Waals surface area contributed by atoms with Crippen molar-refractivity contribution in [1.29, 1.82) is 0 Å². The Balaban J connectivity index is 2.46. The average molecular weight is 199 g/mol. The molecular weight excluding hydrogens is 182 g/mol. The summed E-state index contributed by atoms with van der Waals surface area (Å²) < 4.78 is 0. The summed E-state index contributed by atoms with van der Waals surface area (Å²) in [6.07, 6.45) is 0.325. The topological polar surface area (TPSA) is 57.6 Å². The number of aliphatic hydroxyl groups excluding tert-OH is 1. The van der Waals surface area contributed by atoms with Gasteiger partial charge in [0.15, 0.2) is 0 Å². The zero-order valence-corrected chi connectivity index (χ0v) is 8.69. The van der Waals surface area contributed by atoms with Crippen LogP contribution in [0.15, 0.2) is 0 Å². The summed E-state index contributed by atoms with van der Waals surface area (Å²) in [5.41, 5.74) is 0. The van der Waals surface area contributed by atoms with E-state index in [2.05, 4.69) is 0 Å². The van der Waals surface area contributed by atoms with E-state index in [1.807, 2.05) is 6.92 Å². The highest BCUT2D eigenvalue weighted by atomic mass is 16.3. The van der Waals surface area contributed by atoms with Crippen molar-refractivity contribution in [2.75, 3.05) is 13.1 Å². The Morgan fingerprint density at radius 2 is 2.14 bits per heavy atom. The molecule has 2 atom stereocenters. The van der Waals surface area contributed by atoms with Crippen molar-refractivity contribution in [2.24, 2.45) is 5.92 Å². The van der Waals surface area contributed by atoms with Crippen molar-refractivity contribution in [3.05, 3.63) is 0 Å². The molecule has 0 radical (unpaired) electrons. The molecule has 1 heterocycles. The number of likely N-dealkylation sites (tertiary alicyclic amines) is 1. The molecule has 1 N–H and O–H groups in total. The number of aliphatic hydroxyl groups is 1. The van der Waals surface area contributed by atoms with Crippen LogP contribution in [0.25, 0.3) is 0 Å². The highest BCUT2D eigenvalue weighted by molar-refractivity contribution is 5.96. The van der Waals surface area contributed by atoms with Gasteiger partial charge in [0.05, 0.1) is 12.5 Å². The maximum atomic E-state index is 11.5. The van der Waals surface area contributed by atoms with Gasteiger partial charge in [-0.25, -0.2) is 0 Å². The summed E-state index contributed by atoms with van der Waals surface area (Å²) in [6, 6.07) is 0. The third kappa shape index (κ3) is 2.80. The summed E-state index contributed by atoms with van der Waals surface area (Å²) in [5, 5.41) is 9.55. The molecule has 0 aliphatic carbocycles. The number of carbonyl (C=O) groups excluding carboxylic acids is 2. The molecule has 0 aromatic heterocycles. The van der Waals surface area contributed by atoms with Crippen molar-refractivity contribution in [3.63, 3.8) is 0 Å². The Labute approximate surface area is 83.9 Å². The van der Waals surface area contributed by atoms with E-state index in [1.54, 1.807) is 4.90 Å². The number of β-amino-alcohol motifs (C(OH)–C–C–N with tert-alkyl or cyclic N) is 1. The number of Topliss-reactive ketones (excluding diaryl/α,β-unsaturated/α-hetero) is 1. The normalized spacial score (nSPS) is 27.5. The van der Waals surface area contributed by atoms with Gasteiger partial charge >= 0.3 is 0 Å². The number of hydrogen-bond acceptors (Lipinski definition) is 3. The van der Waals surface area contributed by atoms with Crippen LogP contribution in [0.5, 0.6) is 0 Å². The zero-order valence-electron chi connectivity index (χ0n) is 8.69. The Bertz CT molecular complexity index is 240. The minimum Gasteiger partial charge on any atom is -0.391 e. The number of nitrogens with zero attached hydrogens (tertiary/aromatic N) is 1. The van der Waals surface area contributed by atoms with Crippen molar-refractivity contribution >= 4 is 11.7 Å². The van der Waals surface area contributed by atoms with Crippen molar-refractivity contribution in [3.8, 4) is 0 Å². The highest BCUT2D eigenvalue weighted by Crippen LogP contribution is 2.17. The first-order valence-corrected chi connectivity index (χ1v) is 4.96. The number of amides is 1. The lowest BCUT2D eigenvalue weighted by Crippen LogP contribution is -2.46. The van der Waals surface area contributed by atoms with Gasteiger partial charge in [0.25, 0.3) is 0 Å². The van der Waals surface area contributed by atoms with Gasteiger partial charge in [0.2, 0.25) is 5.91 Å². The predicted molar refractivity (Wildman–Crippen MR) is 51.7 cm³/mol. The van der Waals surface area contributed by atoms with Crippen LogP contribution in [-0.4, -0.2) is 40.9 Å². The minimum absolute atomic E-state index is 0.0406. The number of carbonyl (C=O) groups is 2. The maximum absolute atomic E-state index is 11.5. The van der Waals surface area contributed by atoms with Crippen LogP contribution < -0.4 is 0 Å². The van der Waals surface area contributed by atoms with Crippen LogP contribution in [-0.2, 0) is 9.59 Å². The molecule has 1 saturated heterocycles. The molecule has 1 rings (SSSR count). The minimum atomic E-state index is -0.445. The number of piperidine rings is 1. The van der Waals surface area contributed by atoms with Crippen molar-refractivity contribution in [2.45, 2.75) is 32.8 Å². The van der Waals surface area contributed by atoms with Crippen LogP contribution in [0.3, 0.4) is 0 Å². The third-order valence-electron chi connectivity index (χ3n) is 2.67. The molecule has 0 bridgehead atoms. The van der Waals surface area contributed by atoms with Gasteiger partial charge in [-0.3, -0.25) is 9.59 Å². The van der Waals surface area contributed by atoms with Gasteiger partial charge in [-0.15, -0.1) is 0 Å². The van der Waals surface area contributed by atoms with E-state index >= 15 is 0 Å². The fourth-order valence-corrected chi connectivity index (χ4v) is 1.60.